The van der Waals surface area contributed by atoms with Crippen molar-refractivity contribution in [3.05, 3.63) is 194 Å². The third-order valence-corrected chi connectivity index (χ3v) is 8.92. The molecule has 0 unspecified atom stereocenters. The predicted octanol–water partition coefficient (Wildman–Crippen LogP) is 12.9. The van der Waals surface area contributed by atoms with Crippen LogP contribution in [0, 0.1) is 0 Å². The number of rotatable bonds is 5. The van der Waals surface area contributed by atoms with Gasteiger partial charge in [-0.3, -0.25) is 0 Å². The zero-order chi connectivity index (χ0) is 46.9. The van der Waals surface area contributed by atoms with Gasteiger partial charge in [0.25, 0.3) is 0 Å². The largest absolute Gasteiger partial charge is 0.309 e. The van der Waals surface area contributed by atoms with Gasteiger partial charge < -0.3 is 9.13 Å². The van der Waals surface area contributed by atoms with Crippen LogP contribution < -0.4 is 0 Å². The van der Waals surface area contributed by atoms with E-state index in [2.05, 4.69) is 0 Å². The molecule has 0 aliphatic carbocycles. The average molecular weight is 653 g/mol. The lowest BCUT2D eigenvalue weighted by atomic mass is 9.99. The minimum atomic E-state index is -0.671. The van der Waals surface area contributed by atoms with E-state index in [9.17, 15) is 8.22 Å². The molecule has 234 valence electrons. The van der Waals surface area contributed by atoms with Crippen molar-refractivity contribution in [1.29, 1.82) is 0 Å². The topological polar surface area (TPSA) is 9.86 Å². The van der Waals surface area contributed by atoms with Crippen LogP contribution >= 0.6 is 0 Å². The first-order chi connectivity index (χ1) is 31.5. The van der Waals surface area contributed by atoms with Crippen LogP contribution in [-0.4, -0.2) is 9.13 Å². The Morgan fingerprint density at radius 1 is 0.320 bits per heavy atom. The Balaban J connectivity index is 1.22. The van der Waals surface area contributed by atoms with Gasteiger partial charge in [0.15, 0.2) is 0 Å². The van der Waals surface area contributed by atoms with Gasteiger partial charge >= 0.3 is 0 Å². The van der Waals surface area contributed by atoms with Crippen molar-refractivity contribution < 1.29 is 21.9 Å². The molecule has 0 atom stereocenters. The van der Waals surface area contributed by atoms with Crippen molar-refractivity contribution >= 4 is 43.6 Å². The number of para-hydroxylation sites is 2. The molecule has 0 fully saturated rings. The highest BCUT2D eigenvalue weighted by Crippen LogP contribution is 2.39. The second kappa shape index (κ2) is 11.5. The summed E-state index contributed by atoms with van der Waals surface area (Å²) < 4.78 is 144. The number of aromatic nitrogens is 2. The molecule has 50 heavy (non-hydrogen) atoms. The maximum absolute atomic E-state index is 9.83. The van der Waals surface area contributed by atoms with Crippen molar-refractivity contribution in [2.45, 2.75) is 0 Å². The van der Waals surface area contributed by atoms with E-state index in [1.807, 2.05) is 41.0 Å². The summed E-state index contributed by atoms with van der Waals surface area (Å²) in [6.45, 7) is 0. The Kier molecular flexibility index (Phi) is 3.83. The average Bonchev–Trinajstić information content (AvgIpc) is 3.86. The minimum absolute atomic E-state index is 0.0271. The zero-order valence-electron chi connectivity index (χ0n) is 42.1. The highest BCUT2D eigenvalue weighted by molar-refractivity contribution is 6.13. The third kappa shape index (κ3) is 4.57. The standard InChI is InChI=1S/C48H32N2/c1-4-12-33(13-5-1)35-20-25-40(26-21-35)49-45-19-11-10-18-41(45)43-30-36(23-28-46(43)49)37-24-29-47-44(31-37)42-27-22-38(34-14-6-2-7-15-34)32-48(42)50(47)39-16-8-3-9-17-39/h1-32H/i1D,2D,4D,5D,6D,7D,12D,13D,14D,15D,22D,24D,27D,29D,31D,32D. The van der Waals surface area contributed by atoms with E-state index in [0.717, 1.165) is 21.8 Å². The van der Waals surface area contributed by atoms with E-state index in [4.69, 9.17) is 13.7 Å². The van der Waals surface area contributed by atoms with Crippen molar-refractivity contribution in [2.75, 3.05) is 0 Å². The monoisotopic (exact) mass is 652 g/mol. The summed E-state index contributed by atoms with van der Waals surface area (Å²) in [6.07, 6.45) is 0. The lowest BCUT2D eigenvalue weighted by Gasteiger charge is -2.10. The Morgan fingerprint density at radius 3 is 1.70 bits per heavy atom. The van der Waals surface area contributed by atoms with Crippen LogP contribution in [-0.2, 0) is 0 Å². The van der Waals surface area contributed by atoms with Crippen molar-refractivity contribution in [3.8, 4) is 44.8 Å². The van der Waals surface area contributed by atoms with Gasteiger partial charge in [-0.05, 0) is 94.0 Å². The van der Waals surface area contributed by atoms with Crippen LogP contribution in [0.1, 0.15) is 21.9 Å². The van der Waals surface area contributed by atoms with E-state index >= 15 is 0 Å². The van der Waals surface area contributed by atoms with Crippen LogP contribution in [0.4, 0.5) is 0 Å². The molecular formula is C48H32N2. The molecule has 10 rings (SSSR count). The van der Waals surface area contributed by atoms with Crippen molar-refractivity contribution in [3.63, 3.8) is 0 Å². The predicted molar refractivity (Wildman–Crippen MR) is 211 cm³/mol. The van der Waals surface area contributed by atoms with Crippen molar-refractivity contribution in [1.82, 2.24) is 9.13 Å². The minimum Gasteiger partial charge on any atom is -0.309 e. The van der Waals surface area contributed by atoms with E-state index in [1.165, 1.54) is 4.57 Å². The smallest absolute Gasteiger partial charge is 0.0652 e. The Hall–Kier alpha value is -6.64. The van der Waals surface area contributed by atoms with Crippen LogP contribution in [0.15, 0.2) is 194 Å². The third-order valence-electron chi connectivity index (χ3n) is 8.92. The molecule has 0 spiro atoms. The van der Waals surface area contributed by atoms with Gasteiger partial charge in [0, 0.05) is 32.9 Å². The molecule has 2 heterocycles. The number of nitrogens with zero attached hydrogens (tertiary/aromatic N) is 2. The molecule has 8 aromatic carbocycles. The second-order valence-electron chi connectivity index (χ2n) is 11.7. The molecule has 0 radical (unpaired) electrons. The van der Waals surface area contributed by atoms with Gasteiger partial charge in [-0.2, -0.15) is 0 Å². The fourth-order valence-corrected chi connectivity index (χ4v) is 6.66. The maximum Gasteiger partial charge on any atom is 0.0652 e. The molecule has 0 amide bonds. The first-order valence-corrected chi connectivity index (χ1v) is 15.9. The van der Waals surface area contributed by atoms with Gasteiger partial charge in [-0.1, -0.05) is 133 Å². The second-order valence-corrected chi connectivity index (χ2v) is 11.7. The number of hydrogen-bond acceptors (Lipinski definition) is 0. The molecule has 0 aliphatic heterocycles. The SMILES string of the molecule is [2H]c1c([2H])c([2H])c(-c2ccc(-n3c4ccccc4c4cc(-c5c([2H])c([2H])c6c(c5[2H])c5c([2H])c([2H])c(-c7c([2H])c([2H])c([2H])c([2H])c7[2H])c([2H])c5n6-c5ccccc5)ccc43)cc2)c([2H])c1[2H]. The Bertz CT molecular complexity index is 3710. The van der Waals surface area contributed by atoms with E-state index in [-0.39, 0.29) is 68.7 Å². The summed E-state index contributed by atoms with van der Waals surface area (Å²) in [6, 6.07) is 20.9. The quantitative estimate of drug-likeness (QED) is 0.175. The van der Waals surface area contributed by atoms with Crippen LogP contribution in [0.25, 0.3) is 88.4 Å². The molecule has 2 nitrogen and oxygen atoms in total. The summed E-state index contributed by atoms with van der Waals surface area (Å²) >= 11 is 0. The molecule has 10 aromatic rings. The summed E-state index contributed by atoms with van der Waals surface area (Å²) in [7, 11) is 0. The summed E-state index contributed by atoms with van der Waals surface area (Å²) in [5, 5.41) is 1.55. The van der Waals surface area contributed by atoms with Gasteiger partial charge in [0.1, 0.15) is 0 Å². The van der Waals surface area contributed by atoms with Gasteiger partial charge in [0.2, 0.25) is 0 Å². The fraction of sp³-hybridized carbons (Fsp3) is 0. The molecule has 2 aromatic heterocycles. The Labute approximate surface area is 313 Å². The number of fused-ring (bicyclic) bond motifs is 6. The van der Waals surface area contributed by atoms with Crippen molar-refractivity contribution in [2.24, 2.45) is 0 Å². The van der Waals surface area contributed by atoms with Gasteiger partial charge in [-0.25, -0.2) is 0 Å². The van der Waals surface area contributed by atoms with E-state index in [0.29, 0.717) is 22.5 Å². The van der Waals surface area contributed by atoms with Gasteiger partial charge in [-0.15, -0.1) is 0 Å². The normalized spacial score (nSPS) is 16.1. The zero-order valence-corrected chi connectivity index (χ0v) is 26.1. The lowest BCUT2D eigenvalue weighted by molar-refractivity contribution is 1.18. The highest BCUT2D eigenvalue weighted by atomic mass is 15.0. The highest BCUT2D eigenvalue weighted by Gasteiger charge is 2.17. The molecule has 2 heteroatoms. The lowest BCUT2D eigenvalue weighted by Crippen LogP contribution is -1.94. The fourth-order valence-electron chi connectivity index (χ4n) is 6.66. The first-order valence-electron chi connectivity index (χ1n) is 23.9. The molecule has 0 saturated carbocycles. The Morgan fingerprint density at radius 2 is 0.920 bits per heavy atom. The van der Waals surface area contributed by atoms with Gasteiger partial charge in [0.05, 0.1) is 44.0 Å². The molecule has 0 N–H and O–H groups in total. The van der Waals surface area contributed by atoms with E-state index < -0.39 is 72.0 Å². The van der Waals surface area contributed by atoms with Crippen LogP contribution in [0.2, 0.25) is 0 Å². The molecular weight excluding hydrogens is 605 g/mol. The summed E-state index contributed by atoms with van der Waals surface area (Å²) in [4.78, 5) is 0. The summed E-state index contributed by atoms with van der Waals surface area (Å²) in [5.74, 6) is 0. The van der Waals surface area contributed by atoms with Crippen LogP contribution in [0.5, 0.6) is 0 Å². The molecule has 0 aliphatic rings. The summed E-state index contributed by atoms with van der Waals surface area (Å²) in [5.41, 5.74) is 2.86. The van der Waals surface area contributed by atoms with E-state index in [1.54, 1.807) is 60.7 Å². The number of hydrogen-bond donors (Lipinski definition) is 0. The van der Waals surface area contributed by atoms with Crippen LogP contribution in [0.3, 0.4) is 0 Å². The first kappa shape index (κ1) is 16.6. The molecule has 0 bridgehead atoms. The molecule has 0 saturated heterocycles. The maximum atomic E-state index is 9.83. The number of benzene rings is 8.